The number of aromatic nitrogens is 3. The van der Waals surface area contributed by atoms with Gasteiger partial charge in [0.15, 0.2) is 0 Å². The Hall–Kier alpha value is -4.96. The second kappa shape index (κ2) is 14.3. The van der Waals surface area contributed by atoms with E-state index in [2.05, 4.69) is 115 Å². The molecule has 4 aromatic carbocycles. The zero-order chi connectivity index (χ0) is 33.3. The third-order valence-corrected chi connectivity index (χ3v) is 8.37. The molecule has 0 aliphatic rings. The third-order valence-electron chi connectivity index (χ3n) is 8.37. The number of aryl methyl sites for hydroxylation is 2. The predicted molar refractivity (Wildman–Crippen MR) is 198 cm³/mol. The van der Waals surface area contributed by atoms with Crippen molar-refractivity contribution >= 4 is 32.7 Å². The van der Waals surface area contributed by atoms with Crippen LogP contribution < -0.4 is 0 Å². The summed E-state index contributed by atoms with van der Waals surface area (Å²) in [5.41, 5.74) is 11.7. The minimum atomic E-state index is 0. The van der Waals surface area contributed by atoms with Gasteiger partial charge in [-0.05, 0) is 71.5 Å². The molecule has 0 N–H and O–H groups in total. The van der Waals surface area contributed by atoms with Crippen LogP contribution in [0.15, 0.2) is 126 Å². The Morgan fingerprint density at radius 2 is 1.47 bits per heavy atom. The van der Waals surface area contributed by atoms with E-state index in [0.717, 1.165) is 72.9 Å². The smallest absolute Gasteiger partial charge is 0.128 e. The van der Waals surface area contributed by atoms with Crippen molar-refractivity contribution in [2.24, 2.45) is 5.41 Å². The molecule has 0 atom stereocenters. The number of furan rings is 1. The van der Waals surface area contributed by atoms with E-state index >= 15 is 0 Å². The van der Waals surface area contributed by atoms with Gasteiger partial charge in [0.2, 0.25) is 0 Å². The molecule has 0 bridgehead atoms. The average molecular weight is 816 g/mol. The van der Waals surface area contributed by atoms with E-state index in [1.165, 1.54) is 16.7 Å². The summed E-state index contributed by atoms with van der Waals surface area (Å²) >= 11 is 0. The summed E-state index contributed by atoms with van der Waals surface area (Å²) in [5.74, 6) is 0. The van der Waals surface area contributed by atoms with Crippen molar-refractivity contribution in [3.63, 3.8) is 0 Å². The monoisotopic (exact) mass is 816 g/mol. The first-order valence-corrected chi connectivity index (χ1v) is 16.3. The van der Waals surface area contributed by atoms with Gasteiger partial charge in [-0.15, -0.1) is 54.1 Å². The topological polar surface area (TPSA) is 51.8 Å². The number of rotatable bonds is 4. The van der Waals surface area contributed by atoms with Gasteiger partial charge in [-0.1, -0.05) is 86.3 Å². The van der Waals surface area contributed by atoms with Crippen molar-refractivity contribution in [1.29, 1.82) is 0 Å². The molecule has 0 saturated carbocycles. The van der Waals surface area contributed by atoms with Crippen LogP contribution in [0.1, 0.15) is 37.6 Å². The van der Waals surface area contributed by atoms with E-state index in [1.807, 2.05) is 68.8 Å². The number of fused-ring (bicyclic) bond motifs is 5. The molecule has 8 aromatic rings. The third kappa shape index (κ3) is 7.54. The Labute approximate surface area is 301 Å². The number of benzene rings is 4. The van der Waals surface area contributed by atoms with Crippen LogP contribution >= 0.6 is 0 Å². The van der Waals surface area contributed by atoms with Crippen LogP contribution in [0.5, 0.6) is 0 Å². The molecule has 0 aliphatic heterocycles. The van der Waals surface area contributed by atoms with E-state index in [1.54, 1.807) is 0 Å². The molecule has 245 valence electrons. The van der Waals surface area contributed by atoms with Gasteiger partial charge in [0.25, 0.3) is 0 Å². The fourth-order valence-electron chi connectivity index (χ4n) is 6.06. The zero-order valence-corrected chi connectivity index (χ0v) is 30.7. The Balaban J connectivity index is 0.000000167. The summed E-state index contributed by atoms with van der Waals surface area (Å²) in [7, 11) is 0. The van der Waals surface area contributed by atoms with E-state index < -0.39 is 0 Å². The Morgan fingerprint density at radius 1 is 0.653 bits per heavy atom. The Morgan fingerprint density at radius 3 is 2.20 bits per heavy atom. The number of pyridine rings is 3. The molecule has 0 spiro atoms. The van der Waals surface area contributed by atoms with Crippen LogP contribution in [-0.2, 0) is 26.5 Å². The molecule has 4 aromatic heterocycles. The van der Waals surface area contributed by atoms with Gasteiger partial charge in [0.05, 0.1) is 5.58 Å². The van der Waals surface area contributed by atoms with Gasteiger partial charge >= 0.3 is 0 Å². The minimum Gasteiger partial charge on any atom is -0.500 e. The quantitative estimate of drug-likeness (QED) is 0.166. The normalized spacial score (nSPS) is 11.3. The van der Waals surface area contributed by atoms with Crippen molar-refractivity contribution < 1.29 is 24.5 Å². The van der Waals surface area contributed by atoms with E-state index in [9.17, 15) is 0 Å². The van der Waals surface area contributed by atoms with E-state index in [4.69, 9.17) is 4.42 Å². The molecular weight excluding hydrogens is 779 g/mol. The molecule has 4 heterocycles. The van der Waals surface area contributed by atoms with E-state index in [-0.39, 0.29) is 20.1 Å². The average Bonchev–Trinajstić information content (AvgIpc) is 3.49. The van der Waals surface area contributed by atoms with Crippen molar-refractivity contribution in [3.8, 4) is 33.6 Å². The van der Waals surface area contributed by atoms with Crippen molar-refractivity contribution in [2.75, 3.05) is 0 Å². The maximum absolute atomic E-state index is 6.34. The standard InChI is InChI=1S/C22H15N2O.C22H22N.Ir/c1-13-6-9-20(24-11-13)18-5-3-4-16-17-8-7-15-12-23-14(2)10-19(15)22(17)25-21(16)18;1-22(2,3)16-17-9-11-18(12-10-17)20-13-14-23-21(15-20)19-7-5-4-6-8-19;/h3-4,6-12H,1-2H3;4-7,9-15H,16H2,1-3H3;/q2*-1;. The summed E-state index contributed by atoms with van der Waals surface area (Å²) in [6.07, 6.45) is 6.73. The Bertz CT molecular complexity index is 2350. The largest absolute Gasteiger partial charge is 0.500 e. The summed E-state index contributed by atoms with van der Waals surface area (Å²) in [4.78, 5) is 13.4. The molecule has 8 rings (SSSR count). The van der Waals surface area contributed by atoms with Crippen molar-refractivity contribution in [3.05, 3.63) is 151 Å². The summed E-state index contributed by atoms with van der Waals surface area (Å²) in [6.45, 7) is 10.8. The maximum atomic E-state index is 6.34. The molecule has 0 saturated heterocycles. The van der Waals surface area contributed by atoms with Crippen LogP contribution in [0.3, 0.4) is 0 Å². The molecule has 5 heteroatoms. The molecular formula is C44H37IrN3O-2. The zero-order valence-electron chi connectivity index (χ0n) is 28.3. The fraction of sp³-hybridized carbons (Fsp3) is 0.159. The van der Waals surface area contributed by atoms with Crippen LogP contribution in [0, 0.1) is 31.4 Å². The van der Waals surface area contributed by atoms with Gasteiger partial charge in [0.1, 0.15) is 5.58 Å². The van der Waals surface area contributed by atoms with Crippen LogP contribution in [0.25, 0.3) is 66.4 Å². The minimum absolute atomic E-state index is 0. The first kappa shape index (κ1) is 33.9. The predicted octanol–water partition coefficient (Wildman–Crippen LogP) is 11.4. The first-order chi connectivity index (χ1) is 23.2. The van der Waals surface area contributed by atoms with Crippen LogP contribution in [0.2, 0.25) is 0 Å². The van der Waals surface area contributed by atoms with Gasteiger partial charge in [-0.25, -0.2) is 0 Å². The van der Waals surface area contributed by atoms with Gasteiger partial charge in [0, 0.05) is 60.5 Å². The van der Waals surface area contributed by atoms with Crippen LogP contribution in [0.4, 0.5) is 0 Å². The second-order valence-corrected chi connectivity index (χ2v) is 13.5. The molecule has 1 radical (unpaired) electrons. The van der Waals surface area contributed by atoms with Gasteiger partial charge < -0.3 is 14.4 Å². The maximum Gasteiger partial charge on any atom is 0.128 e. The molecule has 0 unspecified atom stereocenters. The number of hydrogen-bond acceptors (Lipinski definition) is 4. The van der Waals surface area contributed by atoms with Gasteiger partial charge in [-0.2, -0.15) is 0 Å². The molecule has 0 aliphatic carbocycles. The van der Waals surface area contributed by atoms with Gasteiger partial charge in [-0.3, -0.25) is 4.98 Å². The summed E-state index contributed by atoms with van der Waals surface area (Å²) in [5, 5.41) is 4.36. The number of nitrogens with zero attached hydrogens (tertiary/aromatic N) is 3. The first-order valence-electron chi connectivity index (χ1n) is 16.3. The van der Waals surface area contributed by atoms with Crippen molar-refractivity contribution in [1.82, 2.24) is 15.0 Å². The SMILES string of the molecule is CC(C)(C)Cc1ccc(-c2ccnc(-c3[c-]cccc3)c2)cc1.Cc1ccc(-c2[c-]ccc3c2oc2c4cc(C)ncc4ccc32)nc1.[Ir]. The molecule has 0 amide bonds. The van der Waals surface area contributed by atoms with E-state index in [0.29, 0.717) is 5.41 Å². The number of hydrogen-bond donors (Lipinski definition) is 0. The van der Waals surface area contributed by atoms with Crippen molar-refractivity contribution in [2.45, 2.75) is 41.0 Å². The molecule has 49 heavy (non-hydrogen) atoms. The second-order valence-electron chi connectivity index (χ2n) is 13.5. The Kier molecular flexibility index (Phi) is 9.87. The summed E-state index contributed by atoms with van der Waals surface area (Å²) < 4.78 is 6.34. The van der Waals surface area contributed by atoms with Crippen LogP contribution in [-0.4, -0.2) is 15.0 Å². The fourth-order valence-corrected chi connectivity index (χ4v) is 6.06. The molecule has 0 fully saturated rings. The molecule has 4 nitrogen and oxygen atoms in total. The summed E-state index contributed by atoms with van der Waals surface area (Å²) in [6, 6.07) is 41.9.